The van der Waals surface area contributed by atoms with Gasteiger partial charge >= 0.3 is 12.1 Å². The summed E-state index contributed by atoms with van der Waals surface area (Å²) in [5, 5.41) is 0. The van der Waals surface area contributed by atoms with Crippen molar-refractivity contribution in [1.29, 1.82) is 0 Å². The van der Waals surface area contributed by atoms with Gasteiger partial charge in [0.2, 0.25) is 0 Å². The van der Waals surface area contributed by atoms with Crippen LogP contribution in [0.3, 0.4) is 0 Å². The molecular weight excluding hydrogens is 241 g/mol. The number of carbonyl (C=O) groups is 1. The molecule has 16 heavy (non-hydrogen) atoms. The maximum Gasteiger partial charge on any atom is 0.404 e. The average Bonchev–Trinajstić information content (AvgIpc) is 2.07. The Bertz CT molecular complexity index is 235. The first-order valence-electron chi connectivity index (χ1n) is 4.80. The largest absolute Gasteiger partial charge is 0.468 e. The molecule has 0 spiro atoms. The minimum atomic E-state index is -4.62. The fourth-order valence-electron chi connectivity index (χ4n) is 0.921. The van der Waals surface area contributed by atoms with Crippen LogP contribution in [0.5, 0.6) is 0 Å². The lowest BCUT2D eigenvalue weighted by molar-refractivity contribution is -0.204. The van der Waals surface area contributed by atoms with Gasteiger partial charge in [0.15, 0.2) is 5.92 Å². The van der Waals surface area contributed by atoms with Crippen LogP contribution in [0.2, 0.25) is 19.6 Å². The fourth-order valence-corrected chi connectivity index (χ4v) is 1.65. The number of ether oxygens (including phenoxy) is 2. The minimum absolute atomic E-state index is 0.288. The smallest absolute Gasteiger partial charge is 0.404 e. The average molecular weight is 258 g/mol. The number of halogens is 3. The van der Waals surface area contributed by atoms with Gasteiger partial charge in [0.05, 0.1) is 21.8 Å². The molecular formula is C9H17F3O3Si. The summed E-state index contributed by atoms with van der Waals surface area (Å²) in [6.07, 6.45) is -4.33. The number of hydrogen-bond donors (Lipinski definition) is 0. The second kappa shape index (κ2) is 5.67. The highest BCUT2D eigenvalue weighted by Gasteiger charge is 2.46. The van der Waals surface area contributed by atoms with Gasteiger partial charge in [-0.1, -0.05) is 19.6 Å². The van der Waals surface area contributed by atoms with E-state index in [-0.39, 0.29) is 6.23 Å². The van der Waals surface area contributed by atoms with Gasteiger partial charge in [-0.25, -0.2) is 0 Å². The third-order valence-corrected chi connectivity index (χ3v) is 2.77. The van der Waals surface area contributed by atoms with Crippen LogP contribution in [0.25, 0.3) is 0 Å². The van der Waals surface area contributed by atoms with E-state index in [9.17, 15) is 18.0 Å². The second-order valence-electron chi connectivity index (χ2n) is 4.69. The Balaban J connectivity index is 4.31. The summed E-state index contributed by atoms with van der Waals surface area (Å²) in [6.45, 7) is 5.23. The Labute approximate surface area is 93.9 Å². The molecule has 0 radical (unpaired) electrons. The van der Waals surface area contributed by atoms with Crippen LogP contribution >= 0.6 is 0 Å². The Morgan fingerprint density at radius 1 is 1.31 bits per heavy atom. The van der Waals surface area contributed by atoms with E-state index in [4.69, 9.17) is 4.74 Å². The summed E-state index contributed by atoms with van der Waals surface area (Å²) in [6, 6.07) is 0. The fraction of sp³-hybridized carbons (Fsp3) is 0.889. The summed E-state index contributed by atoms with van der Waals surface area (Å²) in [5.41, 5.74) is 0. The molecule has 7 heteroatoms. The Morgan fingerprint density at radius 3 is 2.12 bits per heavy atom. The zero-order valence-electron chi connectivity index (χ0n) is 9.85. The van der Waals surface area contributed by atoms with Gasteiger partial charge in [-0.3, -0.25) is 4.79 Å². The second-order valence-corrected chi connectivity index (χ2v) is 10.1. The molecule has 0 heterocycles. The SMILES string of the molecule is COC(=O)C(COC[Si](C)(C)C)C(F)(F)F. The zero-order valence-corrected chi connectivity index (χ0v) is 10.9. The molecule has 0 fully saturated rings. The van der Waals surface area contributed by atoms with Crippen molar-refractivity contribution in [3.05, 3.63) is 0 Å². The highest BCUT2D eigenvalue weighted by Crippen LogP contribution is 2.27. The molecule has 1 atom stereocenters. The van der Waals surface area contributed by atoms with Crippen molar-refractivity contribution >= 4 is 14.0 Å². The molecule has 0 bridgehead atoms. The van der Waals surface area contributed by atoms with E-state index < -0.39 is 32.7 Å². The number of hydrogen-bond acceptors (Lipinski definition) is 3. The first-order valence-corrected chi connectivity index (χ1v) is 8.51. The van der Waals surface area contributed by atoms with E-state index in [1.807, 2.05) is 19.6 Å². The molecule has 0 saturated heterocycles. The summed E-state index contributed by atoms with van der Waals surface area (Å²) >= 11 is 0. The molecule has 0 rings (SSSR count). The monoisotopic (exact) mass is 258 g/mol. The molecule has 96 valence electrons. The van der Waals surface area contributed by atoms with Crippen molar-refractivity contribution in [2.24, 2.45) is 5.92 Å². The van der Waals surface area contributed by atoms with Gasteiger partial charge in [0.1, 0.15) is 0 Å². The van der Waals surface area contributed by atoms with Crippen LogP contribution in [-0.2, 0) is 14.3 Å². The predicted molar refractivity (Wildman–Crippen MR) is 55.7 cm³/mol. The van der Waals surface area contributed by atoms with Gasteiger partial charge in [0, 0.05) is 6.23 Å². The number of alkyl halides is 3. The molecule has 0 aromatic rings. The van der Waals surface area contributed by atoms with Crippen LogP contribution in [-0.4, -0.2) is 40.2 Å². The van der Waals surface area contributed by atoms with Gasteiger partial charge in [-0.05, 0) is 0 Å². The Kier molecular flexibility index (Phi) is 5.47. The normalized spacial score (nSPS) is 14.7. The molecule has 3 nitrogen and oxygen atoms in total. The lowest BCUT2D eigenvalue weighted by Gasteiger charge is -2.21. The van der Waals surface area contributed by atoms with Gasteiger partial charge in [-0.2, -0.15) is 13.2 Å². The highest BCUT2D eigenvalue weighted by molar-refractivity contribution is 6.76. The highest BCUT2D eigenvalue weighted by atomic mass is 28.3. The van der Waals surface area contributed by atoms with E-state index >= 15 is 0 Å². The van der Waals surface area contributed by atoms with Gasteiger partial charge < -0.3 is 9.47 Å². The maximum absolute atomic E-state index is 12.4. The molecule has 0 amide bonds. The summed E-state index contributed by atoms with van der Waals surface area (Å²) < 4.78 is 46.3. The van der Waals surface area contributed by atoms with Crippen LogP contribution in [0.4, 0.5) is 13.2 Å². The van der Waals surface area contributed by atoms with E-state index in [2.05, 4.69) is 4.74 Å². The van der Waals surface area contributed by atoms with Crippen molar-refractivity contribution in [3.8, 4) is 0 Å². The van der Waals surface area contributed by atoms with Crippen molar-refractivity contribution in [1.82, 2.24) is 0 Å². The topological polar surface area (TPSA) is 35.5 Å². The third kappa shape index (κ3) is 6.11. The van der Waals surface area contributed by atoms with Crippen LogP contribution in [0.1, 0.15) is 0 Å². The third-order valence-electron chi connectivity index (χ3n) is 1.70. The first kappa shape index (κ1) is 15.4. The predicted octanol–water partition coefficient (Wildman–Crippen LogP) is 2.23. The first-order chi connectivity index (χ1) is 7.08. The maximum atomic E-state index is 12.4. The van der Waals surface area contributed by atoms with E-state index in [0.717, 1.165) is 7.11 Å². The van der Waals surface area contributed by atoms with E-state index in [1.165, 1.54) is 0 Å². The molecule has 0 aromatic heterocycles. The minimum Gasteiger partial charge on any atom is -0.468 e. The van der Waals surface area contributed by atoms with Crippen molar-refractivity contribution in [2.45, 2.75) is 25.8 Å². The van der Waals surface area contributed by atoms with Crippen LogP contribution in [0.15, 0.2) is 0 Å². The molecule has 0 N–H and O–H groups in total. The summed E-state index contributed by atoms with van der Waals surface area (Å²) in [4.78, 5) is 10.9. The molecule has 0 aliphatic rings. The lowest BCUT2D eigenvalue weighted by atomic mass is 10.1. The molecule has 0 aromatic carbocycles. The number of methoxy groups -OCH3 is 1. The van der Waals surface area contributed by atoms with Crippen LogP contribution in [0, 0.1) is 5.92 Å². The van der Waals surface area contributed by atoms with Crippen molar-refractivity contribution in [2.75, 3.05) is 19.9 Å². The summed E-state index contributed by atoms with van der Waals surface area (Å²) in [5.74, 6) is -3.49. The molecule has 1 unspecified atom stereocenters. The number of esters is 1. The number of rotatable bonds is 5. The zero-order chi connectivity index (χ0) is 13.0. The Hall–Kier alpha value is -0.563. The van der Waals surface area contributed by atoms with Crippen molar-refractivity contribution in [3.63, 3.8) is 0 Å². The Morgan fingerprint density at radius 2 is 1.81 bits per heavy atom. The summed E-state index contributed by atoms with van der Waals surface area (Å²) in [7, 11) is -0.640. The van der Waals surface area contributed by atoms with Gasteiger partial charge in [-0.15, -0.1) is 0 Å². The van der Waals surface area contributed by atoms with Crippen LogP contribution < -0.4 is 0 Å². The van der Waals surface area contributed by atoms with Gasteiger partial charge in [0.25, 0.3) is 0 Å². The quantitative estimate of drug-likeness (QED) is 0.560. The van der Waals surface area contributed by atoms with E-state index in [1.54, 1.807) is 0 Å². The number of carbonyl (C=O) groups excluding carboxylic acids is 1. The molecule has 0 saturated carbocycles. The van der Waals surface area contributed by atoms with Crippen molar-refractivity contribution < 1.29 is 27.4 Å². The molecule has 0 aliphatic carbocycles. The van der Waals surface area contributed by atoms with E-state index in [0.29, 0.717) is 0 Å². The standard InChI is InChI=1S/C9H17F3O3Si/c1-14-8(13)7(9(10,11)12)5-15-6-16(2,3)4/h7H,5-6H2,1-4H3. The molecule has 0 aliphatic heterocycles. The lowest BCUT2D eigenvalue weighted by Crippen LogP contribution is -2.38.